The van der Waals surface area contributed by atoms with E-state index in [2.05, 4.69) is 30.4 Å². The van der Waals surface area contributed by atoms with Crippen LogP contribution < -0.4 is 0 Å². The third-order valence-electron chi connectivity index (χ3n) is 1.55. The topological polar surface area (TPSA) is 83.1 Å². The third-order valence-corrected chi connectivity index (χ3v) is 3.48. The van der Waals surface area contributed by atoms with Crippen LogP contribution in [-0.2, 0) is 0 Å². The zero-order chi connectivity index (χ0) is 10.3. The van der Waals surface area contributed by atoms with Gasteiger partial charge in [-0.05, 0) is 6.42 Å². The zero-order valence-electron chi connectivity index (χ0n) is 7.88. The monoisotopic (exact) mass is 242 g/mol. The van der Waals surface area contributed by atoms with Gasteiger partial charge in [0.15, 0.2) is 10.3 Å². The van der Waals surface area contributed by atoms with Gasteiger partial charge in [0.1, 0.15) is 12.7 Å². The molecule has 0 aromatic carbocycles. The van der Waals surface area contributed by atoms with Crippen LogP contribution in [0.15, 0.2) is 23.0 Å². The van der Waals surface area contributed by atoms with Crippen molar-refractivity contribution in [2.24, 2.45) is 0 Å². The Morgan fingerprint density at radius 1 is 0.933 bits per heavy atom. The Hall–Kier alpha value is -1.02. The molecule has 0 aliphatic heterocycles. The molecule has 0 spiro atoms. The number of hydrogen-bond donors (Lipinski definition) is 2. The molecule has 0 fully saturated rings. The second-order valence-electron chi connectivity index (χ2n) is 2.63. The minimum atomic E-state index is 0.875. The quantitative estimate of drug-likeness (QED) is 0.585. The van der Waals surface area contributed by atoms with Crippen molar-refractivity contribution in [3.63, 3.8) is 0 Å². The van der Waals surface area contributed by atoms with Gasteiger partial charge < -0.3 is 0 Å². The first kappa shape index (κ1) is 10.5. The fourth-order valence-electron chi connectivity index (χ4n) is 0.924. The van der Waals surface area contributed by atoms with Gasteiger partial charge >= 0.3 is 0 Å². The summed E-state index contributed by atoms with van der Waals surface area (Å²) < 4.78 is 0. The van der Waals surface area contributed by atoms with Crippen molar-refractivity contribution in [2.75, 3.05) is 11.5 Å². The molecule has 0 unspecified atom stereocenters. The first-order chi connectivity index (χ1) is 7.45. The largest absolute Gasteiger partial charge is 0.254 e. The number of thioether (sulfide) groups is 2. The SMILES string of the molecule is c1n[nH]c(SCCCSc2ncn[nH]2)n1. The molecule has 0 saturated heterocycles. The molecule has 80 valence electrons. The van der Waals surface area contributed by atoms with Crippen LogP contribution >= 0.6 is 23.5 Å². The summed E-state index contributed by atoms with van der Waals surface area (Å²) in [6.45, 7) is 0. The smallest absolute Gasteiger partial charge is 0.183 e. The average molecular weight is 242 g/mol. The van der Waals surface area contributed by atoms with Crippen LogP contribution in [0.2, 0.25) is 0 Å². The summed E-state index contributed by atoms with van der Waals surface area (Å²) in [4.78, 5) is 8.05. The van der Waals surface area contributed by atoms with Gasteiger partial charge in [0, 0.05) is 11.5 Å². The summed E-state index contributed by atoms with van der Waals surface area (Å²) >= 11 is 3.35. The molecule has 2 N–H and O–H groups in total. The Morgan fingerprint density at radius 2 is 1.47 bits per heavy atom. The van der Waals surface area contributed by atoms with Crippen molar-refractivity contribution in [3.8, 4) is 0 Å². The highest BCUT2D eigenvalue weighted by Crippen LogP contribution is 2.16. The third kappa shape index (κ3) is 3.56. The van der Waals surface area contributed by atoms with E-state index in [0.29, 0.717) is 0 Å². The van der Waals surface area contributed by atoms with Crippen LogP contribution in [0.3, 0.4) is 0 Å². The van der Waals surface area contributed by atoms with E-state index in [9.17, 15) is 0 Å². The average Bonchev–Trinajstić information content (AvgIpc) is 2.88. The lowest BCUT2D eigenvalue weighted by Crippen LogP contribution is -1.86. The minimum Gasteiger partial charge on any atom is -0.254 e. The zero-order valence-corrected chi connectivity index (χ0v) is 9.51. The molecule has 8 heteroatoms. The summed E-state index contributed by atoms with van der Waals surface area (Å²) in [6.07, 6.45) is 4.13. The van der Waals surface area contributed by atoms with Crippen LogP contribution in [0.4, 0.5) is 0 Å². The van der Waals surface area contributed by atoms with E-state index in [1.807, 2.05) is 0 Å². The molecule has 6 nitrogen and oxygen atoms in total. The normalized spacial score (nSPS) is 10.7. The predicted molar refractivity (Wildman–Crippen MR) is 58.8 cm³/mol. The van der Waals surface area contributed by atoms with Crippen LogP contribution in [0.25, 0.3) is 0 Å². The fraction of sp³-hybridized carbons (Fsp3) is 0.429. The molecule has 0 amide bonds. The molecule has 2 aromatic heterocycles. The summed E-state index contributed by atoms with van der Waals surface area (Å²) in [6, 6.07) is 0. The second-order valence-corrected chi connectivity index (χ2v) is 4.80. The lowest BCUT2D eigenvalue weighted by atomic mass is 10.6. The summed E-state index contributed by atoms with van der Waals surface area (Å²) in [5.74, 6) is 2.05. The van der Waals surface area contributed by atoms with Gasteiger partial charge in [0.05, 0.1) is 0 Å². The van der Waals surface area contributed by atoms with Crippen LogP contribution in [-0.4, -0.2) is 41.9 Å². The molecule has 0 aliphatic rings. The molecule has 0 saturated carbocycles. The number of nitrogens with zero attached hydrogens (tertiary/aromatic N) is 4. The van der Waals surface area contributed by atoms with Gasteiger partial charge in [0.2, 0.25) is 0 Å². The lowest BCUT2D eigenvalue weighted by Gasteiger charge is -1.96. The van der Waals surface area contributed by atoms with E-state index < -0.39 is 0 Å². The van der Waals surface area contributed by atoms with E-state index in [1.54, 1.807) is 23.5 Å². The maximum absolute atomic E-state index is 4.02. The van der Waals surface area contributed by atoms with E-state index in [-0.39, 0.29) is 0 Å². The van der Waals surface area contributed by atoms with Gasteiger partial charge in [-0.3, -0.25) is 10.2 Å². The molecule has 0 radical (unpaired) electrons. The van der Waals surface area contributed by atoms with Crippen LogP contribution in [0.1, 0.15) is 6.42 Å². The van der Waals surface area contributed by atoms with Crippen LogP contribution in [0.5, 0.6) is 0 Å². The van der Waals surface area contributed by atoms with E-state index >= 15 is 0 Å². The molecule has 15 heavy (non-hydrogen) atoms. The highest BCUT2D eigenvalue weighted by atomic mass is 32.2. The lowest BCUT2D eigenvalue weighted by molar-refractivity contribution is 0.962. The van der Waals surface area contributed by atoms with Crippen molar-refractivity contribution in [2.45, 2.75) is 16.7 Å². The van der Waals surface area contributed by atoms with Gasteiger partial charge in [0.25, 0.3) is 0 Å². The Morgan fingerprint density at radius 3 is 1.87 bits per heavy atom. The van der Waals surface area contributed by atoms with Gasteiger partial charge in [-0.25, -0.2) is 9.97 Å². The maximum atomic E-state index is 4.02. The summed E-state index contributed by atoms with van der Waals surface area (Å²) in [5, 5.41) is 14.9. The van der Waals surface area contributed by atoms with Gasteiger partial charge in [-0.1, -0.05) is 23.5 Å². The highest BCUT2D eigenvalue weighted by molar-refractivity contribution is 8.00. The maximum Gasteiger partial charge on any atom is 0.183 e. The van der Waals surface area contributed by atoms with Crippen molar-refractivity contribution >= 4 is 23.5 Å². The molecule has 2 aromatic rings. The standard InChI is InChI=1S/C7H10N6S2/c1(2-14-6-8-4-10-12-6)3-15-7-9-5-11-13-7/h4-5H,1-3H2,(H,8,10,12)(H,9,11,13). The molecule has 2 rings (SSSR count). The molecule has 0 atom stereocenters. The Labute approximate surface area is 95.1 Å². The van der Waals surface area contributed by atoms with Crippen molar-refractivity contribution in [1.29, 1.82) is 0 Å². The Balaban J connectivity index is 1.56. The first-order valence-electron chi connectivity index (χ1n) is 4.41. The number of H-pyrrole nitrogens is 2. The van der Waals surface area contributed by atoms with E-state index in [4.69, 9.17) is 0 Å². The molecule has 2 heterocycles. The fourth-order valence-corrected chi connectivity index (χ4v) is 2.55. The van der Waals surface area contributed by atoms with Gasteiger partial charge in [-0.2, -0.15) is 10.2 Å². The Kier molecular flexibility index (Phi) is 4.03. The predicted octanol–water partition coefficient (Wildman–Crippen LogP) is 1.20. The molecule has 0 aliphatic carbocycles. The number of hydrogen-bond acceptors (Lipinski definition) is 6. The van der Waals surface area contributed by atoms with E-state index in [0.717, 1.165) is 28.2 Å². The Bertz CT molecular complexity index is 322. The molecular formula is C7H10N6S2. The van der Waals surface area contributed by atoms with Crippen molar-refractivity contribution in [1.82, 2.24) is 30.4 Å². The summed E-state index contributed by atoms with van der Waals surface area (Å²) in [5.41, 5.74) is 0. The minimum absolute atomic E-state index is 0.875. The van der Waals surface area contributed by atoms with Crippen LogP contribution in [0, 0.1) is 0 Å². The second kappa shape index (κ2) is 5.76. The summed E-state index contributed by atoms with van der Waals surface area (Å²) in [7, 11) is 0. The number of nitrogens with one attached hydrogen (secondary N) is 2. The van der Waals surface area contributed by atoms with Crippen molar-refractivity contribution < 1.29 is 0 Å². The highest BCUT2D eigenvalue weighted by Gasteiger charge is 1.98. The molecule has 0 bridgehead atoms. The first-order valence-corrected chi connectivity index (χ1v) is 6.38. The number of aromatic nitrogens is 6. The van der Waals surface area contributed by atoms with Gasteiger partial charge in [-0.15, -0.1) is 0 Å². The molecular weight excluding hydrogens is 232 g/mol. The number of rotatable bonds is 6. The number of aromatic amines is 2. The van der Waals surface area contributed by atoms with Crippen molar-refractivity contribution in [3.05, 3.63) is 12.7 Å². The van der Waals surface area contributed by atoms with E-state index in [1.165, 1.54) is 12.7 Å².